The number of carbonyl (C=O) groups is 1. The summed E-state index contributed by atoms with van der Waals surface area (Å²) in [6.45, 7) is 4.31. The molecule has 23 heavy (non-hydrogen) atoms. The van der Waals surface area contributed by atoms with Crippen LogP contribution in [0.25, 0.3) is 0 Å². The maximum Gasteiger partial charge on any atom is 0.305 e. The number of carbonyl (C=O) groups excluding carboxylic acids is 1. The summed E-state index contributed by atoms with van der Waals surface area (Å²) in [4.78, 5) is 15.5. The van der Waals surface area contributed by atoms with Crippen LogP contribution in [0.15, 0.2) is 29.3 Å². The van der Waals surface area contributed by atoms with Crippen LogP contribution in [0.4, 0.5) is 0 Å². The number of benzene rings is 1. The van der Waals surface area contributed by atoms with Crippen molar-refractivity contribution in [2.45, 2.75) is 32.6 Å². The summed E-state index contributed by atoms with van der Waals surface area (Å²) in [5.74, 6) is 0.633. The van der Waals surface area contributed by atoms with Crippen molar-refractivity contribution in [2.24, 2.45) is 4.99 Å². The summed E-state index contributed by atoms with van der Waals surface area (Å²) in [7, 11) is 1.41. The summed E-state index contributed by atoms with van der Waals surface area (Å²) in [6, 6.07) is 7.86. The molecular formula is C17H26ClN3O2. The lowest BCUT2D eigenvalue weighted by atomic mass is 10.1. The van der Waals surface area contributed by atoms with Gasteiger partial charge < -0.3 is 15.4 Å². The molecule has 0 saturated carbocycles. The van der Waals surface area contributed by atoms with E-state index in [1.807, 2.05) is 25.1 Å². The normalized spacial score (nSPS) is 11.2. The van der Waals surface area contributed by atoms with Gasteiger partial charge in [0.1, 0.15) is 0 Å². The molecule has 0 heterocycles. The summed E-state index contributed by atoms with van der Waals surface area (Å²) in [5, 5.41) is 7.27. The highest BCUT2D eigenvalue weighted by Gasteiger charge is 2.00. The van der Waals surface area contributed by atoms with Crippen molar-refractivity contribution in [1.82, 2.24) is 10.6 Å². The summed E-state index contributed by atoms with van der Waals surface area (Å²) in [6.07, 6.45) is 2.98. The standard InChI is InChI=1S/C17H26ClN3O2/c1-3-19-17(20-11-5-4-9-16(22)23-2)21-12-10-14-7-6-8-15(18)13-14/h6-8,13H,3-5,9-12H2,1-2H3,(H2,19,20,21). The fraction of sp³-hybridized carbons (Fsp3) is 0.529. The van der Waals surface area contributed by atoms with Crippen LogP contribution in [0.2, 0.25) is 5.02 Å². The Balaban J connectivity index is 2.30. The van der Waals surface area contributed by atoms with E-state index in [1.54, 1.807) is 0 Å². The van der Waals surface area contributed by atoms with Gasteiger partial charge in [-0.25, -0.2) is 0 Å². The van der Waals surface area contributed by atoms with Gasteiger partial charge in [-0.3, -0.25) is 9.79 Å². The molecule has 1 aromatic carbocycles. The second kappa shape index (κ2) is 11.8. The third kappa shape index (κ3) is 9.08. The first-order valence-corrected chi connectivity index (χ1v) is 8.37. The summed E-state index contributed by atoms with van der Waals surface area (Å²) >= 11 is 5.98. The summed E-state index contributed by atoms with van der Waals surface area (Å²) < 4.78 is 4.61. The Hall–Kier alpha value is -1.75. The maximum atomic E-state index is 11.0. The average molecular weight is 340 g/mol. The Morgan fingerprint density at radius 2 is 2.13 bits per heavy atom. The molecule has 0 saturated heterocycles. The van der Waals surface area contributed by atoms with Crippen LogP contribution >= 0.6 is 11.6 Å². The number of nitrogens with zero attached hydrogens (tertiary/aromatic N) is 1. The predicted molar refractivity (Wildman–Crippen MR) is 95.0 cm³/mol. The smallest absolute Gasteiger partial charge is 0.305 e. The number of unbranched alkanes of at least 4 members (excludes halogenated alkanes) is 1. The van der Waals surface area contributed by atoms with Crippen molar-refractivity contribution in [3.05, 3.63) is 34.9 Å². The van der Waals surface area contributed by atoms with E-state index in [1.165, 1.54) is 12.7 Å². The molecule has 0 unspecified atom stereocenters. The third-order valence-corrected chi connectivity index (χ3v) is 3.46. The van der Waals surface area contributed by atoms with Crippen LogP contribution < -0.4 is 10.6 Å². The minimum Gasteiger partial charge on any atom is -0.469 e. The van der Waals surface area contributed by atoms with Crippen LogP contribution in [0, 0.1) is 0 Å². The molecule has 0 aromatic heterocycles. The Morgan fingerprint density at radius 1 is 1.30 bits per heavy atom. The Labute approximate surface area is 143 Å². The second-order valence-corrected chi connectivity index (χ2v) is 5.54. The second-order valence-electron chi connectivity index (χ2n) is 5.10. The van der Waals surface area contributed by atoms with Crippen LogP contribution in [-0.4, -0.2) is 38.7 Å². The Kier molecular flexibility index (Phi) is 9.87. The molecule has 0 spiro atoms. The molecule has 6 heteroatoms. The Bertz CT molecular complexity index is 506. The highest BCUT2D eigenvalue weighted by molar-refractivity contribution is 6.30. The fourth-order valence-corrected chi connectivity index (χ4v) is 2.25. The van der Waals surface area contributed by atoms with E-state index >= 15 is 0 Å². The first-order valence-electron chi connectivity index (χ1n) is 7.99. The van der Waals surface area contributed by atoms with Crippen molar-refractivity contribution in [3.8, 4) is 0 Å². The first kappa shape index (κ1) is 19.3. The van der Waals surface area contributed by atoms with Gasteiger partial charge >= 0.3 is 5.97 Å². The van der Waals surface area contributed by atoms with E-state index in [-0.39, 0.29) is 5.97 Å². The monoisotopic (exact) mass is 339 g/mol. The number of guanidine groups is 1. The molecule has 5 nitrogen and oxygen atoms in total. The van der Waals surface area contributed by atoms with Gasteiger partial charge in [-0.05, 0) is 43.9 Å². The van der Waals surface area contributed by atoms with E-state index in [2.05, 4.69) is 26.4 Å². The number of methoxy groups -OCH3 is 1. The van der Waals surface area contributed by atoms with Gasteiger partial charge in [0.15, 0.2) is 5.96 Å². The number of ether oxygens (including phenoxy) is 1. The highest BCUT2D eigenvalue weighted by Crippen LogP contribution is 2.10. The molecule has 128 valence electrons. The van der Waals surface area contributed by atoms with Gasteiger partial charge in [-0.15, -0.1) is 0 Å². The zero-order valence-electron chi connectivity index (χ0n) is 13.9. The van der Waals surface area contributed by atoms with Crippen molar-refractivity contribution >= 4 is 23.5 Å². The van der Waals surface area contributed by atoms with Crippen molar-refractivity contribution in [1.29, 1.82) is 0 Å². The first-order chi connectivity index (χ1) is 11.2. The molecule has 0 aliphatic carbocycles. The van der Waals surface area contributed by atoms with Gasteiger partial charge in [0.2, 0.25) is 0 Å². The van der Waals surface area contributed by atoms with E-state index in [0.717, 1.165) is 43.3 Å². The number of hydrogen-bond acceptors (Lipinski definition) is 3. The quantitative estimate of drug-likeness (QED) is 0.314. The Morgan fingerprint density at radius 3 is 2.83 bits per heavy atom. The topological polar surface area (TPSA) is 62.7 Å². The van der Waals surface area contributed by atoms with Crippen molar-refractivity contribution in [3.63, 3.8) is 0 Å². The minimum atomic E-state index is -0.166. The maximum absolute atomic E-state index is 11.0. The lowest BCUT2D eigenvalue weighted by Gasteiger charge is -2.11. The highest BCUT2D eigenvalue weighted by atomic mass is 35.5. The van der Waals surface area contributed by atoms with Crippen molar-refractivity contribution < 1.29 is 9.53 Å². The number of hydrogen-bond donors (Lipinski definition) is 2. The van der Waals surface area contributed by atoms with Gasteiger partial charge in [0, 0.05) is 31.1 Å². The molecule has 1 rings (SSSR count). The van der Waals surface area contributed by atoms with Crippen LogP contribution in [0.3, 0.4) is 0 Å². The number of rotatable bonds is 9. The van der Waals surface area contributed by atoms with E-state index in [4.69, 9.17) is 11.6 Å². The molecule has 0 bridgehead atoms. The van der Waals surface area contributed by atoms with Gasteiger partial charge in [-0.1, -0.05) is 23.7 Å². The molecule has 2 N–H and O–H groups in total. The number of aliphatic imine (C=N–C) groups is 1. The van der Waals surface area contributed by atoms with E-state index in [0.29, 0.717) is 13.0 Å². The number of esters is 1. The lowest BCUT2D eigenvalue weighted by molar-refractivity contribution is -0.140. The zero-order valence-corrected chi connectivity index (χ0v) is 14.7. The van der Waals surface area contributed by atoms with Crippen LogP contribution in [0.1, 0.15) is 31.7 Å². The molecule has 0 aliphatic rings. The number of halogens is 1. The molecule has 0 amide bonds. The van der Waals surface area contributed by atoms with E-state index in [9.17, 15) is 4.79 Å². The van der Waals surface area contributed by atoms with Crippen molar-refractivity contribution in [2.75, 3.05) is 26.7 Å². The van der Waals surface area contributed by atoms with E-state index < -0.39 is 0 Å². The van der Waals surface area contributed by atoms with Gasteiger partial charge in [0.05, 0.1) is 7.11 Å². The molecule has 0 radical (unpaired) electrons. The number of nitrogens with one attached hydrogen (secondary N) is 2. The van der Waals surface area contributed by atoms with Crippen LogP contribution in [-0.2, 0) is 16.0 Å². The predicted octanol–water partition coefficient (Wildman–Crippen LogP) is 2.78. The van der Waals surface area contributed by atoms with Gasteiger partial charge in [-0.2, -0.15) is 0 Å². The minimum absolute atomic E-state index is 0.166. The van der Waals surface area contributed by atoms with Gasteiger partial charge in [0.25, 0.3) is 0 Å². The molecular weight excluding hydrogens is 314 g/mol. The largest absolute Gasteiger partial charge is 0.469 e. The molecule has 0 atom stereocenters. The SMILES string of the molecule is CCNC(=NCCCCC(=O)OC)NCCc1cccc(Cl)c1. The molecule has 0 fully saturated rings. The lowest BCUT2D eigenvalue weighted by Crippen LogP contribution is -2.38. The fourth-order valence-electron chi connectivity index (χ4n) is 2.03. The molecule has 1 aromatic rings. The average Bonchev–Trinajstić information content (AvgIpc) is 2.54. The zero-order chi connectivity index (χ0) is 16.9. The van der Waals surface area contributed by atoms with Crippen LogP contribution in [0.5, 0.6) is 0 Å². The third-order valence-electron chi connectivity index (χ3n) is 3.23. The molecule has 0 aliphatic heterocycles. The summed E-state index contributed by atoms with van der Waals surface area (Å²) in [5.41, 5.74) is 1.19.